The average Bonchev–Trinajstić information content (AvgIpc) is 2.59. The van der Waals surface area contributed by atoms with E-state index in [-0.39, 0.29) is 6.04 Å². The molecule has 2 aromatic rings. The van der Waals surface area contributed by atoms with Gasteiger partial charge in [0, 0.05) is 27.9 Å². The summed E-state index contributed by atoms with van der Waals surface area (Å²) in [5.41, 5.74) is 7.95. The molecule has 0 aliphatic carbocycles. The zero-order valence-corrected chi connectivity index (χ0v) is 11.5. The second-order valence-electron chi connectivity index (χ2n) is 4.20. The Labute approximate surface area is 110 Å². The number of hydrogen-bond donors (Lipinski definition) is 1. The Morgan fingerprint density at radius 1 is 1.35 bits per heavy atom. The number of rotatable bonds is 3. The maximum atomic E-state index is 5.88. The van der Waals surface area contributed by atoms with Crippen molar-refractivity contribution in [3.8, 4) is 11.3 Å². The van der Waals surface area contributed by atoms with Crippen LogP contribution in [0.2, 0.25) is 5.02 Å². The molecule has 1 unspecified atom stereocenters. The van der Waals surface area contributed by atoms with E-state index in [0.29, 0.717) is 0 Å². The highest BCUT2D eigenvalue weighted by molar-refractivity contribution is 7.12. The Balaban J connectivity index is 2.32. The van der Waals surface area contributed by atoms with Crippen molar-refractivity contribution in [1.82, 2.24) is 4.98 Å². The number of nitrogens with two attached hydrogens (primary N) is 1. The molecule has 0 aliphatic rings. The van der Waals surface area contributed by atoms with Crippen LogP contribution in [0.3, 0.4) is 0 Å². The molecular formula is C13H15ClN2S. The molecule has 2 N–H and O–H groups in total. The van der Waals surface area contributed by atoms with E-state index in [4.69, 9.17) is 17.3 Å². The molecule has 17 heavy (non-hydrogen) atoms. The highest BCUT2D eigenvalue weighted by Crippen LogP contribution is 2.28. The number of aryl methyl sites for hydroxylation is 1. The molecule has 2 nitrogen and oxygen atoms in total. The number of benzene rings is 1. The molecule has 1 heterocycles. The number of thiazole rings is 1. The van der Waals surface area contributed by atoms with Crippen molar-refractivity contribution >= 4 is 22.9 Å². The fraction of sp³-hybridized carbons (Fsp3) is 0.308. The number of aromatic nitrogens is 1. The van der Waals surface area contributed by atoms with Crippen molar-refractivity contribution in [1.29, 1.82) is 0 Å². The first kappa shape index (κ1) is 12.6. The maximum Gasteiger partial charge on any atom is 0.0950 e. The SMILES string of the molecule is Cc1sc(CC(C)N)nc1-c1ccc(Cl)cc1. The quantitative estimate of drug-likeness (QED) is 0.921. The van der Waals surface area contributed by atoms with Gasteiger partial charge in [0.1, 0.15) is 0 Å². The van der Waals surface area contributed by atoms with Crippen molar-refractivity contribution in [2.24, 2.45) is 5.73 Å². The van der Waals surface area contributed by atoms with Gasteiger partial charge in [-0.25, -0.2) is 4.98 Å². The van der Waals surface area contributed by atoms with E-state index in [1.807, 2.05) is 31.2 Å². The van der Waals surface area contributed by atoms with Gasteiger partial charge in [0.15, 0.2) is 0 Å². The third kappa shape index (κ3) is 3.06. The second-order valence-corrected chi connectivity index (χ2v) is 5.92. The summed E-state index contributed by atoms with van der Waals surface area (Å²) in [4.78, 5) is 5.87. The fourth-order valence-electron chi connectivity index (χ4n) is 1.69. The summed E-state index contributed by atoms with van der Waals surface area (Å²) in [6.45, 7) is 4.09. The number of hydrogen-bond acceptors (Lipinski definition) is 3. The normalized spacial score (nSPS) is 12.7. The van der Waals surface area contributed by atoms with Crippen molar-refractivity contribution in [3.05, 3.63) is 39.2 Å². The molecule has 0 aliphatic heterocycles. The molecule has 1 aromatic carbocycles. The van der Waals surface area contributed by atoms with Gasteiger partial charge in [-0.05, 0) is 26.0 Å². The first-order valence-corrected chi connectivity index (χ1v) is 6.73. The third-order valence-corrected chi connectivity index (χ3v) is 3.70. The Bertz CT molecular complexity index is 503. The minimum absolute atomic E-state index is 0.151. The summed E-state index contributed by atoms with van der Waals surface area (Å²) in [7, 11) is 0. The van der Waals surface area contributed by atoms with Crippen LogP contribution >= 0.6 is 22.9 Å². The van der Waals surface area contributed by atoms with Crippen LogP contribution in [-0.2, 0) is 6.42 Å². The largest absolute Gasteiger partial charge is 0.328 e. The molecule has 0 saturated heterocycles. The molecule has 0 amide bonds. The molecule has 90 valence electrons. The summed E-state index contributed by atoms with van der Waals surface area (Å²) >= 11 is 7.60. The summed E-state index contributed by atoms with van der Waals surface area (Å²) in [6.07, 6.45) is 0.832. The van der Waals surface area contributed by atoms with Gasteiger partial charge in [0.2, 0.25) is 0 Å². The van der Waals surface area contributed by atoms with E-state index in [1.165, 1.54) is 4.88 Å². The van der Waals surface area contributed by atoms with E-state index in [9.17, 15) is 0 Å². The molecule has 1 aromatic heterocycles. The molecule has 0 spiro atoms. The Kier molecular flexibility index (Phi) is 3.82. The average molecular weight is 267 g/mol. The highest BCUT2D eigenvalue weighted by atomic mass is 35.5. The second kappa shape index (κ2) is 5.17. The van der Waals surface area contributed by atoms with Crippen molar-refractivity contribution in [2.75, 3.05) is 0 Å². The van der Waals surface area contributed by atoms with Crippen LogP contribution in [-0.4, -0.2) is 11.0 Å². The molecule has 0 saturated carbocycles. The van der Waals surface area contributed by atoms with Crippen LogP contribution in [0.5, 0.6) is 0 Å². The Hall–Kier alpha value is -0.900. The number of halogens is 1. The predicted molar refractivity (Wildman–Crippen MR) is 74.7 cm³/mol. The standard InChI is InChI=1S/C13H15ClN2S/c1-8(15)7-12-16-13(9(2)17-12)10-3-5-11(14)6-4-10/h3-6,8H,7,15H2,1-2H3. The molecule has 4 heteroatoms. The Morgan fingerprint density at radius 3 is 2.59 bits per heavy atom. The summed E-state index contributed by atoms with van der Waals surface area (Å²) in [5, 5.41) is 1.85. The lowest BCUT2D eigenvalue weighted by Crippen LogP contribution is -2.17. The summed E-state index contributed by atoms with van der Waals surface area (Å²) in [6, 6.07) is 7.93. The van der Waals surface area contributed by atoms with Crippen LogP contribution in [0.4, 0.5) is 0 Å². The lowest BCUT2D eigenvalue weighted by atomic mass is 10.1. The minimum atomic E-state index is 0.151. The van der Waals surface area contributed by atoms with Gasteiger partial charge in [-0.2, -0.15) is 0 Å². The number of nitrogens with zero attached hydrogens (tertiary/aromatic N) is 1. The topological polar surface area (TPSA) is 38.9 Å². The van der Waals surface area contributed by atoms with E-state index < -0.39 is 0 Å². The zero-order valence-electron chi connectivity index (χ0n) is 9.90. The van der Waals surface area contributed by atoms with Crippen molar-refractivity contribution in [3.63, 3.8) is 0 Å². The van der Waals surface area contributed by atoms with Crippen LogP contribution < -0.4 is 5.73 Å². The molecule has 2 rings (SSSR count). The lowest BCUT2D eigenvalue weighted by molar-refractivity contribution is 0.734. The van der Waals surface area contributed by atoms with Crippen molar-refractivity contribution in [2.45, 2.75) is 26.3 Å². The summed E-state index contributed by atoms with van der Waals surface area (Å²) in [5.74, 6) is 0. The maximum absolute atomic E-state index is 5.88. The van der Waals surface area contributed by atoms with Gasteiger partial charge in [0.05, 0.1) is 10.7 Å². The summed E-state index contributed by atoms with van der Waals surface area (Å²) < 4.78 is 0. The first-order valence-electron chi connectivity index (χ1n) is 5.54. The van der Waals surface area contributed by atoms with E-state index >= 15 is 0 Å². The van der Waals surface area contributed by atoms with Gasteiger partial charge in [0.25, 0.3) is 0 Å². The highest BCUT2D eigenvalue weighted by Gasteiger charge is 2.10. The monoisotopic (exact) mass is 266 g/mol. The van der Waals surface area contributed by atoms with Gasteiger partial charge >= 0.3 is 0 Å². The predicted octanol–water partition coefficient (Wildman–Crippen LogP) is 3.66. The van der Waals surface area contributed by atoms with E-state index in [1.54, 1.807) is 11.3 Å². The third-order valence-electron chi connectivity index (χ3n) is 2.46. The molecule has 0 bridgehead atoms. The van der Waals surface area contributed by atoms with Gasteiger partial charge in [-0.15, -0.1) is 11.3 Å². The van der Waals surface area contributed by atoms with Crippen LogP contribution in [0.25, 0.3) is 11.3 Å². The van der Waals surface area contributed by atoms with Crippen LogP contribution in [0.1, 0.15) is 16.8 Å². The molecule has 1 atom stereocenters. The van der Waals surface area contributed by atoms with Crippen LogP contribution in [0.15, 0.2) is 24.3 Å². The first-order chi connectivity index (χ1) is 8.06. The lowest BCUT2D eigenvalue weighted by Gasteiger charge is -2.00. The van der Waals surface area contributed by atoms with E-state index in [0.717, 1.165) is 27.7 Å². The minimum Gasteiger partial charge on any atom is -0.328 e. The fourth-order valence-corrected chi connectivity index (χ4v) is 2.91. The van der Waals surface area contributed by atoms with Gasteiger partial charge in [-0.3, -0.25) is 0 Å². The van der Waals surface area contributed by atoms with Gasteiger partial charge < -0.3 is 5.73 Å². The molecular weight excluding hydrogens is 252 g/mol. The molecule has 0 fully saturated rings. The van der Waals surface area contributed by atoms with E-state index in [2.05, 4.69) is 11.9 Å². The van der Waals surface area contributed by atoms with Gasteiger partial charge in [-0.1, -0.05) is 23.7 Å². The molecule has 0 radical (unpaired) electrons. The van der Waals surface area contributed by atoms with Crippen molar-refractivity contribution < 1.29 is 0 Å². The smallest absolute Gasteiger partial charge is 0.0950 e. The van der Waals surface area contributed by atoms with Crippen LogP contribution in [0, 0.1) is 6.92 Å². The Morgan fingerprint density at radius 2 is 2.00 bits per heavy atom. The zero-order chi connectivity index (χ0) is 12.4.